The highest BCUT2D eigenvalue weighted by Gasteiger charge is 2.32. The van der Waals surface area contributed by atoms with Crippen molar-refractivity contribution in [3.8, 4) is 22.8 Å². The van der Waals surface area contributed by atoms with Crippen molar-refractivity contribution >= 4 is 45.6 Å². The monoisotopic (exact) mass is 676 g/mol. The topological polar surface area (TPSA) is 106 Å². The highest BCUT2D eigenvalue weighted by atomic mass is 79.9. The smallest absolute Gasteiger partial charge is 0.411 e. The minimum atomic E-state index is -0.836. The van der Waals surface area contributed by atoms with Crippen LogP contribution in [-0.2, 0) is 32.1 Å². The molecule has 0 saturated heterocycles. The van der Waals surface area contributed by atoms with Gasteiger partial charge in [0.2, 0.25) is 6.79 Å². The summed E-state index contributed by atoms with van der Waals surface area (Å²) in [6.45, 7) is 8.69. The Bertz CT molecular complexity index is 1500. The Labute approximate surface area is 263 Å². The van der Waals surface area contributed by atoms with Crippen LogP contribution in [0.4, 0.5) is 4.79 Å². The number of hydrogen-bond donors (Lipinski definition) is 0. The average Bonchev–Trinajstić information content (AvgIpc) is 3.50. The van der Waals surface area contributed by atoms with Gasteiger partial charge in [0.05, 0.1) is 41.2 Å². The van der Waals surface area contributed by atoms with Crippen LogP contribution in [0.1, 0.15) is 56.2 Å². The summed E-state index contributed by atoms with van der Waals surface area (Å²) in [5.74, 6) is 0.0242. The van der Waals surface area contributed by atoms with Gasteiger partial charge in [0.15, 0.2) is 11.5 Å². The van der Waals surface area contributed by atoms with Crippen LogP contribution in [0.25, 0.3) is 11.3 Å². The predicted octanol–water partition coefficient (Wildman–Crippen LogP) is 6.82. The molecule has 1 aliphatic rings. The van der Waals surface area contributed by atoms with Gasteiger partial charge in [0.1, 0.15) is 12.1 Å². The summed E-state index contributed by atoms with van der Waals surface area (Å²) in [5, 5.41) is 0.546. The zero-order valence-electron chi connectivity index (χ0n) is 24.7. The summed E-state index contributed by atoms with van der Waals surface area (Å²) in [6.07, 6.45) is -0.740. The van der Waals surface area contributed by atoms with Gasteiger partial charge in [-0.25, -0.2) is 9.59 Å². The number of carbonyl (C=O) groups is 3. The van der Waals surface area contributed by atoms with Crippen LogP contribution in [0.2, 0.25) is 5.02 Å². The molecule has 1 aromatic heterocycles. The van der Waals surface area contributed by atoms with Crippen LogP contribution in [-0.4, -0.2) is 59.7 Å². The van der Waals surface area contributed by atoms with Gasteiger partial charge in [0.25, 0.3) is 0 Å². The van der Waals surface area contributed by atoms with Gasteiger partial charge in [-0.2, -0.15) is 0 Å². The maximum Gasteiger partial charge on any atom is 0.411 e. The number of amides is 1. The third-order valence-electron chi connectivity index (χ3n) is 6.30. The van der Waals surface area contributed by atoms with E-state index in [0.717, 1.165) is 11.1 Å². The summed E-state index contributed by atoms with van der Waals surface area (Å²) in [7, 11) is 0. The summed E-state index contributed by atoms with van der Waals surface area (Å²) >= 11 is 9.87. The van der Waals surface area contributed by atoms with Gasteiger partial charge in [-0.3, -0.25) is 9.69 Å². The fourth-order valence-electron chi connectivity index (χ4n) is 4.55. The van der Waals surface area contributed by atoms with Crippen molar-refractivity contribution in [1.82, 2.24) is 9.47 Å². The van der Waals surface area contributed by atoms with Crippen LogP contribution in [0.15, 0.2) is 46.9 Å². The number of carbonyl (C=O) groups excluding carboxylic acids is 3. The number of benzene rings is 2. The lowest BCUT2D eigenvalue weighted by Crippen LogP contribution is -2.40. The molecule has 2 aromatic carbocycles. The molecule has 10 nitrogen and oxygen atoms in total. The van der Waals surface area contributed by atoms with Crippen molar-refractivity contribution in [2.45, 2.75) is 53.3 Å². The van der Waals surface area contributed by atoms with Gasteiger partial charge in [0, 0.05) is 11.6 Å². The molecule has 4 rings (SSSR count). The van der Waals surface area contributed by atoms with E-state index >= 15 is 0 Å². The van der Waals surface area contributed by atoms with Crippen molar-refractivity contribution in [1.29, 1.82) is 0 Å². The van der Waals surface area contributed by atoms with Gasteiger partial charge < -0.3 is 28.3 Å². The molecule has 0 atom stereocenters. The second kappa shape index (κ2) is 13.7. The van der Waals surface area contributed by atoms with Crippen LogP contribution in [0, 0.1) is 0 Å². The third-order valence-corrected chi connectivity index (χ3v) is 7.33. The van der Waals surface area contributed by atoms with Gasteiger partial charge in [-0.15, -0.1) is 0 Å². The van der Waals surface area contributed by atoms with Crippen molar-refractivity contribution in [3.63, 3.8) is 0 Å². The van der Waals surface area contributed by atoms with E-state index in [1.54, 1.807) is 46.8 Å². The van der Waals surface area contributed by atoms with Crippen molar-refractivity contribution in [2.24, 2.45) is 0 Å². The lowest BCUT2D eigenvalue weighted by molar-refractivity contribution is -0.144. The minimum absolute atomic E-state index is 0.126. The Kier molecular flexibility index (Phi) is 10.3. The number of esters is 2. The maximum absolute atomic E-state index is 13.5. The molecule has 0 unspecified atom stereocenters. The maximum atomic E-state index is 13.5. The van der Waals surface area contributed by atoms with E-state index in [9.17, 15) is 14.4 Å². The quantitative estimate of drug-likeness (QED) is 0.170. The van der Waals surface area contributed by atoms with E-state index in [0.29, 0.717) is 32.4 Å². The molecule has 0 N–H and O–H groups in total. The first-order chi connectivity index (χ1) is 20.4. The number of fused-ring (bicyclic) bond motifs is 1. The normalized spacial score (nSPS) is 12.2. The molecule has 0 radical (unpaired) electrons. The second-order valence-electron chi connectivity index (χ2n) is 10.6. The number of ether oxygens (including phenoxy) is 5. The molecule has 0 spiro atoms. The average molecular weight is 678 g/mol. The molecule has 1 amide bonds. The van der Waals surface area contributed by atoms with Gasteiger partial charge in [-0.05, 0) is 85.9 Å². The van der Waals surface area contributed by atoms with Crippen LogP contribution in [0.3, 0.4) is 0 Å². The number of hydrogen-bond acceptors (Lipinski definition) is 8. The SMILES string of the molecule is CCOC(=O)CN(Cc1c(C(=O)OCC)c(Br)c(-c2ccc(Cl)cc2)n1Cc1ccc2c(c1)OCO2)C(=O)OC(C)(C)C. The first kappa shape index (κ1) is 32.2. The minimum Gasteiger partial charge on any atom is -0.465 e. The Balaban J connectivity index is 1.91. The Morgan fingerprint density at radius 3 is 2.33 bits per heavy atom. The highest BCUT2D eigenvalue weighted by molar-refractivity contribution is 9.10. The second-order valence-corrected chi connectivity index (χ2v) is 11.9. The lowest BCUT2D eigenvalue weighted by atomic mass is 10.1. The van der Waals surface area contributed by atoms with E-state index in [2.05, 4.69) is 15.9 Å². The molecular formula is C31H34BrClN2O8. The zero-order valence-corrected chi connectivity index (χ0v) is 27.0. The molecule has 0 bridgehead atoms. The van der Waals surface area contributed by atoms with Crippen molar-refractivity contribution < 1.29 is 38.1 Å². The summed E-state index contributed by atoms with van der Waals surface area (Å²) in [5.41, 5.74) is 2.04. The van der Waals surface area contributed by atoms with Gasteiger partial charge in [-0.1, -0.05) is 29.8 Å². The summed E-state index contributed by atoms with van der Waals surface area (Å²) in [4.78, 5) is 40.8. The molecule has 230 valence electrons. The largest absolute Gasteiger partial charge is 0.465 e. The molecule has 0 fully saturated rings. The number of halogens is 2. The molecule has 0 saturated carbocycles. The number of aromatic nitrogens is 1. The van der Waals surface area contributed by atoms with Crippen LogP contribution < -0.4 is 9.47 Å². The molecule has 2 heterocycles. The van der Waals surface area contributed by atoms with Crippen LogP contribution >= 0.6 is 27.5 Å². The molecule has 43 heavy (non-hydrogen) atoms. The number of rotatable bonds is 10. The number of nitrogens with zero attached hydrogens (tertiary/aromatic N) is 2. The fraction of sp³-hybridized carbons (Fsp3) is 0.387. The van der Waals surface area contributed by atoms with E-state index in [4.69, 9.17) is 35.3 Å². The Morgan fingerprint density at radius 2 is 1.67 bits per heavy atom. The summed E-state index contributed by atoms with van der Waals surface area (Å²) < 4.78 is 29.7. The third kappa shape index (κ3) is 7.83. The molecule has 3 aromatic rings. The molecule has 12 heteroatoms. The van der Waals surface area contributed by atoms with Crippen LogP contribution in [0.5, 0.6) is 11.5 Å². The first-order valence-corrected chi connectivity index (χ1v) is 14.9. The van der Waals surface area contributed by atoms with Gasteiger partial charge >= 0.3 is 18.0 Å². The van der Waals surface area contributed by atoms with E-state index in [1.807, 2.05) is 34.9 Å². The Morgan fingerprint density at radius 1 is 1.00 bits per heavy atom. The summed E-state index contributed by atoms with van der Waals surface area (Å²) in [6, 6.07) is 12.7. The molecular weight excluding hydrogens is 644 g/mol. The van der Waals surface area contributed by atoms with Crippen molar-refractivity contribution in [3.05, 3.63) is 68.8 Å². The van der Waals surface area contributed by atoms with E-state index in [-0.39, 0.29) is 38.7 Å². The van der Waals surface area contributed by atoms with Crippen molar-refractivity contribution in [2.75, 3.05) is 26.6 Å². The van der Waals surface area contributed by atoms with E-state index in [1.165, 1.54) is 4.90 Å². The Hall–Kier alpha value is -3.70. The highest BCUT2D eigenvalue weighted by Crippen LogP contribution is 2.40. The first-order valence-electron chi connectivity index (χ1n) is 13.8. The zero-order chi connectivity index (χ0) is 31.3. The van der Waals surface area contributed by atoms with E-state index < -0.39 is 30.2 Å². The lowest BCUT2D eigenvalue weighted by Gasteiger charge is -2.27. The molecule has 1 aliphatic heterocycles. The fourth-order valence-corrected chi connectivity index (χ4v) is 5.51. The molecule has 0 aliphatic carbocycles. The predicted molar refractivity (Wildman–Crippen MR) is 163 cm³/mol. The standard InChI is InChI=1S/C31H34BrClN2O8/c1-6-39-25(36)17-34(30(38)43-31(3,4)5)16-22-26(29(37)40-7-2)27(32)28(20-9-11-21(33)12-10-20)35(22)15-19-8-13-23-24(14-19)42-18-41-23/h8-14H,6-7,15-18H2,1-5H3.